The Bertz CT molecular complexity index is 1100. The third-order valence-electron chi connectivity index (χ3n) is 6.59. The zero-order valence-corrected chi connectivity index (χ0v) is 20.7. The molecule has 2 aliphatic rings. The lowest BCUT2D eigenvalue weighted by atomic mass is 9.96. The normalized spacial score (nSPS) is 20.1. The molecule has 172 valence electrons. The molecular weight excluding hydrogens is 476 g/mol. The van der Waals surface area contributed by atoms with Gasteiger partial charge in [0.15, 0.2) is 6.54 Å². The van der Waals surface area contributed by atoms with Gasteiger partial charge in [0.05, 0.1) is 13.2 Å². The summed E-state index contributed by atoms with van der Waals surface area (Å²) in [6.07, 6.45) is 4.55. The van der Waals surface area contributed by atoms with Crippen molar-refractivity contribution in [1.29, 1.82) is 0 Å². The highest BCUT2D eigenvalue weighted by Crippen LogP contribution is 2.39. The number of amidine groups is 1. The van der Waals surface area contributed by atoms with E-state index in [1.807, 2.05) is 25.1 Å². The molecule has 0 amide bonds. The van der Waals surface area contributed by atoms with E-state index in [9.17, 15) is 5.11 Å². The van der Waals surface area contributed by atoms with Crippen LogP contribution >= 0.6 is 0 Å². The molecule has 0 saturated carbocycles. The number of nitrogens with zero attached hydrogens (tertiary/aromatic N) is 2. The van der Waals surface area contributed by atoms with Gasteiger partial charge in [0.25, 0.3) is 11.6 Å². The monoisotopic (exact) mass is 506 g/mol. The summed E-state index contributed by atoms with van der Waals surface area (Å²) in [7, 11) is 0. The van der Waals surface area contributed by atoms with E-state index < -0.39 is 5.72 Å². The van der Waals surface area contributed by atoms with Crippen LogP contribution in [0.25, 0.3) is 11.1 Å². The van der Waals surface area contributed by atoms with E-state index >= 15 is 0 Å². The fourth-order valence-corrected chi connectivity index (χ4v) is 5.02. The fraction of sp³-hybridized carbons (Fsp3) is 0.321. The van der Waals surface area contributed by atoms with Crippen LogP contribution in [-0.2, 0) is 5.72 Å². The maximum atomic E-state index is 12.2. The highest BCUT2D eigenvalue weighted by Gasteiger charge is 2.54. The van der Waals surface area contributed by atoms with Crippen molar-refractivity contribution in [2.75, 3.05) is 24.6 Å². The smallest absolute Gasteiger partial charge is 0.275 e. The second kappa shape index (κ2) is 10.1. The molecule has 0 saturated heterocycles. The molecule has 0 aliphatic carbocycles. The van der Waals surface area contributed by atoms with Crippen LogP contribution in [0.1, 0.15) is 38.2 Å². The first kappa shape index (κ1) is 23.5. The first-order chi connectivity index (χ1) is 15.7. The minimum Gasteiger partial charge on any atom is -1.00 e. The van der Waals surface area contributed by atoms with Crippen molar-refractivity contribution in [1.82, 2.24) is 0 Å². The molecule has 4 nitrogen and oxygen atoms in total. The van der Waals surface area contributed by atoms with Gasteiger partial charge in [-0.05, 0) is 61.6 Å². The van der Waals surface area contributed by atoms with E-state index in [0.29, 0.717) is 13.2 Å². The van der Waals surface area contributed by atoms with Gasteiger partial charge in [-0.2, -0.15) is 4.90 Å². The zero-order chi connectivity index (χ0) is 22.0. The van der Waals surface area contributed by atoms with Gasteiger partial charge >= 0.3 is 0 Å². The Morgan fingerprint density at radius 2 is 1.58 bits per heavy atom. The van der Waals surface area contributed by atoms with Crippen molar-refractivity contribution in [3.05, 3.63) is 84.4 Å². The van der Waals surface area contributed by atoms with E-state index in [0.717, 1.165) is 42.0 Å². The minimum atomic E-state index is -1.10. The third-order valence-corrected chi connectivity index (χ3v) is 6.59. The molecule has 0 bridgehead atoms. The molecular formula is C28H31BrN2O2. The Balaban J connectivity index is 0.00000259. The molecule has 0 radical (unpaired) electrons. The Morgan fingerprint density at radius 3 is 2.27 bits per heavy atom. The van der Waals surface area contributed by atoms with Gasteiger partial charge in [-0.15, -0.1) is 0 Å². The molecule has 5 rings (SSSR count). The van der Waals surface area contributed by atoms with Crippen LogP contribution in [0.4, 0.5) is 5.69 Å². The second-order valence-corrected chi connectivity index (χ2v) is 8.67. The van der Waals surface area contributed by atoms with Crippen molar-refractivity contribution in [2.24, 2.45) is 0 Å². The van der Waals surface area contributed by atoms with Gasteiger partial charge in [-0.25, -0.2) is 0 Å². The van der Waals surface area contributed by atoms with Crippen LogP contribution in [0.2, 0.25) is 0 Å². The average Bonchev–Trinajstić information content (AvgIpc) is 2.96. The summed E-state index contributed by atoms with van der Waals surface area (Å²) < 4.78 is 8.03. The molecule has 1 unspecified atom stereocenters. The summed E-state index contributed by atoms with van der Waals surface area (Å²) >= 11 is 0. The number of ether oxygens (including phenoxy) is 1. The van der Waals surface area contributed by atoms with Crippen LogP contribution < -0.4 is 26.6 Å². The topological polar surface area (TPSA) is 35.7 Å². The lowest BCUT2D eigenvalue weighted by Crippen LogP contribution is -3.00. The molecule has 2 aliphatic heterocycles. The van der Waals surface area contributed by atoms with Gasteiger partial charge < -0.3 is 26.8 Å². The molecule has 0 spiro atoms. The zero-order valence-electron chi connectivity index (χ0n) is 19.1. The van der Waals surface area contributed by atoms with Gasteiger partial charge in [0.1, 0.15) is 11.4 Å². The Morgan fingerprint density at radius 1 is 0.879 bits per heavy atom. The van der Waals surface area contributed by atoms with Crippen LogP contribution in [0.5, 0.6) is 5.75 Å². The number of rotatable bonds is 5. The van der Waals surface area contributed by atoms with E-state index in [-0.39, 0.29) is 17.0 Å². The lowest BCUT2D eigenvalue weighted by molar-refractivity contribution is -0.534. The average molecular weight is 507 g/mol. The third kappa shape index (κ3) is 4.57. The predicted molar refractivity (Wildman–Crippen MR) is 129 cm³/mol. The van der Waals surface area contributed by atoms with Crippen LogP contribution in [-0.4, -0.2) is 35.2 Å². The second-order valence-electron chi connectivity index (χ2n) is 8.67. The van der Waals surface area contributed by atoms with Gasteiger partial charge in [-0.1, -0.05) is 54.6 Å². The van der Waals surface area contributed by atoms with Crippen LogP contribution in [0.15, 0.2) is 78.9 Å². The molecule has 1 N–H and O–H groups in total. The number of aliphatic hydroxyl groups is 1. The van der Waals surface area contributed by atoms with Crippen LogP contribution in [0, 0.1) is 0 Å². The maximum absolute atomic E-state index is 12.2. The first-order valence-corrected chi connectivity index (χ1v) is 11.7. The minimum absolute atomic E-state index is 0. The standard InChI is InChI=1S/C28H31N2O2.BrH/c1-2-32-26-18-16-25(17-19-26)30-27-11-7-4-8-20-29(27)21-28(30,31)24-14-12-23(13-15-24)22-9-5-3-6-10-22;/h3,5-6,9-10,12-19,31H,2,4,7-8,11,20-21H2,1H3;1H/q+1;/p-1. The van der Waals surface area contributed by atoms with Crippen molar-refractivity contribution >= 4 is 11.5 Å². The molecule has 5 heteroatoms. The molecule has 3 aromatic carbocycles. The number of benzene rings is 3. The number of anilines is 1. The van der Waals surface area contributed by atoms with Crippen molar-refractivity contribution in [3.8, 4) is 16.9 Å². The summed E-state index contributed by atoms with van der Waals surface area (Å²) in [5.74, 6) is 2.08. The first-order valence-electron chi connectivity index (χ1n) is 11.7. The van der Waals surface area contributed by atoms with Crippen LogP contribution in [0.3, 0.4) is 0 Å². The Kier molecular flexibility index (Phi) is 7.20. The number of halogens is 1. The lowest BCUT2D eigenvalue weighted by Gasteiger charge is -2.29. The van der Waals surface area contributed by atoms with Gasteiger partial charge in [-0.3, -0.25) is 4.58 Å². The van der Waals surface area contributed by atoms with E-state index in [4.69, 9.17) is 4.74 Å². The maximum Gasteiger partial charge on any atom is 0.275 e. The van der Waals surface area contributed by atoms with Crippen molar-refractivity contribution in [3.63, 3.8) is 0 Å². The summed E-state index contributed by atoms with van der Waals surface area (Å²) in [5, 5.41) is 12.2. The number of hydrogen-bond acceptors (Lipinski definition) is 3. The summed E-state index contributed by atoms with van der Waals surface area (Å²) in [6.45, 7) is 4.21. The van der Waals surface area contributed by atoms with E-state index in [1.54, 1.807) is 0 Å². The molecule has 0 aromatic heterocycles. The van der Waals surface area contributed by atoms with E-state index in [2.05, 4.69) is 70.1 Å². The molecule has 2 heterocycles. The molecule has 33 heavy (non-hydrogen) atoms. The fourth-order valence-electron chi connectivity index (χ4n) is 5.02. The van der Waals surface area contributed by atoms with Crippen molar-refractivity contribution in [2.45, 2.75) is 38.3 Å². The molecule has 0 fully saturated rings. The molecule has 1 atom stereocenters. The summed E-state index contributed by atoms with van der Waals surface area (Å²) in [4.78, 5) is 2.16. The van der Waals surface area contributed by atoms with Gasteiger partial charge in [0, 0.05) is 12.0 Å². The largest absolute Gasteiger partial charge is 1.00 e. The summed E-state index contributed by atoms with van der Waals surface area (Å²) in [6, 6.07) is 26.9. The van der Waals surface area contributed by atoms with Gasteiger partial charge in [0.2, 0.25) is 0 Å². The molecule has 3 aromatic rings. The predicted octanol–water partition coefficient (Wildman–Crippen LogP) is 2.41. The highest BCUT2D eigenvalue weighted by molar-refractivity contribution is 5.97. The summed E-state index contributed by atoms with van der Waals surface area (Å²) in [5.41, 5.74) is 3.17. The highest BCUT2D eigenvalue weighted by atomic mass is 79.9. The Hall–Kier alpha value is -2.63. The quantitative estimate of drug-likeness (QED) is 0.539. The van der Waals surface area contributed by atoms with Crippen molar-refractivity contribution < 1.29 is 31.4 Å². The van der Waals surface area contributed by atoms with E-state index in [1.165, 1.54) is 24.2 Å². The Labute approximate surface area is 206 Å². The SMILES string of the molecule is CCOc1ccc(N2C3=[N+](CCCCC3)CC2(O)c2ccc(-c3ccccc3)cc2)cc1.[Br-]. The number of hydrogen-bond donors (Lipinski definition) is 1.